The van der Waals surface area contributed by atoms with Crippen LogP contribution in [0.4, 0.5) is 5.69 Å². The Morgan fingerprint density at radius 3 is 2.38 bits per heavy atom. The average Bonchev–Trinajstić information content (AvgIpc) is 3.57. The number of hydrogen-bond donors (Lipinski definition) is 1. The Labute approximate surface area is 199 Å². The van der Waals surface area contributed by atoms with E-state index in [-0.39, 0.29) is 17.7 Å². The molecule has 1 atom stereocenters. The number of aryl methyl sites for hydroxylation is 1. The highest BCUT2D eigenvalue weighted by Crippen LogP contribution is 2.36. The highest BCUT2D eigenvalue weighted by molar-refractivity contribution is 6.09. The summed E-state index contributed by atoms with van der Waals surface area (Å²) in [6.07, 6.45) is 5.48. The summed E-state index contributed by atoms with van der Waals surface area (Å²) >= 11 is 0. The number of furan rings is 1. The third-order valence-electron chi connectivity index (χ3n) is 6.26. The molecule has 0 spiro atoms. The minimum atomic E-state index is -0.945. The van der Waals surface area contributed by atoms with E-state index in [1.807, 2.05) is 31.2 Å². The number of nitrogens with zero attached hydrogens (tertiary/aromatic N) is 1. The van der Waals surface area contributed by atoms with E-state index in [1.165, 1.54) is 11.2 Å². The molecular formula is C27H30N2O5. The molecule has 1 aromatic heterocycles. The van der Waals surface area contributed by atoms with Gasteiger partial charge in [-0.25, -0.2) is 0 Å². The van der Waals surface area contributed by atoms with Gasteiger partial charge in [-0.2, -0.15) is 0 Å². The van der Waals surface area contributed by atoms with Crippen molar-refractivity contribution in [1.29, 1.82) is 0 Å². The van der Waals surface area contributed by atoms with Crippen LogP contribution in [0.5, 0.6) is 11.5 Å². The number of rotatable bonds is 8. The monoisotopic (exact) mass is 462 g/mol. The van der Waals surface area contributed by atoms with E-state index in [1.54, 1.807) is 44.6 Å². The van der Waals surface area contributed by atoms with Crippen LogP contribution in [0.25, 0.3) is 0 Å². The number of carbonyl (C=O) groups is 2. The second-order valence-electron chi connectivity index (χ2n) is 8.45. The standard InChI is InChI=1S/C27H30N2O5/c1-18-9-4-7-12-21(18)29(27(31)23-13-8-16-34-23)25(26(30)28-20-10-5-6-11-20)19-14-15-22(32-2)24(17-19)33-3/h4,7-9,12-17,20,25H,5-6,10-11H2,1-3H3,(H,28,30). The maximum Gasteiger partial charge on any atom is 0.294 e. The molecule has 178 valence electrons. The fraction of sp³-hybridized carbons (Fsp3) is 0.333. The van der Waals surface area contributed by atoms with Gasteiger partial charge in [0.05, 0.1) is 20.5 Å². The first-order valence-corrected chi connectivity index (χ1v) is 11.5. The summed E-state index contributed by atoms with van der Waals surface area (Å²) in [5.41, 5.74) is 2.10. The zero-order chi connectivity index (χ0) is 24.1. The van der Waals surface area contributed by atoms with Gasteiger partial charge in [0.15, 0.2) is 17.3 Å². The second kappa shape index (κ2) is 10.5. The van der Waals surface area contributed by atoms with Gasteiger partial charge in [0, 0.05) is 11.7 Å². The summed E-state index contributed by atoms with van der Waals surface area (Å²) in [7, 11) is 3.10. The maximum absolute atomic E-state index is 13.8. The molecule has 1 fully saturated rings. The van der Waals surface area contributed by atoms with Crippen molar-refractivity contribution < 1.29 is 23.5 Å². The Morgan fingerprint density at radius 1 is 1.00 bits per heavy atom. The van der Waals surface area contributed by atoms with Gasteiger partial charge in [-0.1, -0.05) is 37.1 Å². The molecule has 1 aliphatic rings. The smallest absolute Gasteiger partial charge is 0.294 e. The molecule has 0 bridgehead atoms. The predicted octanol–water partition coefficient (Wildman–Crippen LogP) is 5.05. The van der Waals surface area contributed by atoms with Crippen LogP contribution in [0.15, 0.2) is 65.3 Å². The Hall–Kier alpha value is -3.74. The molecule has 34 heavy (non-hydrogen) atoms. The maximum atomic E-state index is 13.8. The lowest BCUT2D eigenvalue weighted by Gasteiger charge is -2.33. The van der Waals surface area contributed by atoms with Crippen LogP contribution < -0.4 is 19.7 Å². The number of para-hydroxylation sites is 1. The van der Waals surface area contributed by atoms with E-state index in [0.717, 1.165) is 31.2 Å². The van der Waals surface area contributed by atoms with Gasteiger partial charge in [0.2, 0.25) is 5.91 Å². The van der Waals surface area contributed by atoms with E-state index in [2.05, 4.69) is 5.32 Å². The van der Waals surface area contributed by atoms with E-state index in [4.69, 9.17) is 13.9 Å². The molecular weight excluding hydrogens is 432 g/mol. The third kappa shape index (κ3) is 4.78. The molecule has 1 aliphatic carbocycles. The van der Waals surface area contributed by atoms with Crippen LogP contribution in [0.1, 0.15) is 53.4 Å². The molecule has 0 aliphatic heterocycles. The highest BCUT2D eigenvalue weighted by Gasteiger charge is 2.36. The topological polar surface area (TPSA) is 81.0 Å². The van der Waals surface area contributed by atoms with Crippen LogP contribution in [-0.4, -0.2) is 32.1 Å². The minimum absolute atomic E-state index is 0.0904. The summed E-state index contributed by atoms with van der Waals surface area (Å²) in [4.78, 5) is 29.1. The summed E-state index contributed by atoms with van der Waals surface area (Å²) in [5, 5.41) is 3.18. The fourth-order valence-electron chi connectivity index (χ4n) is 4.51. The molecule has 7 nitrogen and oxygen atoms in total. The van der Waals surface area contributed by atoms with Crippen LogP contribution >= 0.6 is 0 Å². The normalized spacial score (nSPS) is 14.4. The van der Waals surface area contributed by atoms with Crippen molar-refractivity contribution in [3.63, 3.8) is 0 Å². The van der Waals surface area contributed by atoms with E-state index < -0.39 is 11.9 Å². The van der Waals surface area contributed by atoms with Gasteiger partial charge >= 0.3 is 0 Å². The first-order valence-electron chi connectivity index (χ1n) is 11.5. The Kier molecular flexibility index (Phi) is 7.21. The van der Waals surface area contributed by atoms with Gasteiger partial charge in [-0.3, -0.25) is 14.5 Å². The Bertz CT molecular complexity index is 1140. The van der Waals surface area contributed by atoms with E-state index in [0.29, 0.717) is 22.7 Å². The number of anilines is 1. The quantitative estimate of drug-likeness (QED) is 0.507. The third-order valence-corrected chi connectivity index (χ3v) is 6.26. The number of carbonyl (C=O) groups excluding carboxylic acids is 2. The first-order chi connectivity index (χ1) is 16.5. The minimum Gasteiger partial charge on any atom is -0.493 e. The molecule has 0 saturated heterocycles. The predicted molar refractivity (Wildman–Crippen MR) is 129 cm³/mol. The van der Waals surface area contributed by atoms with Crippen LogP contribution in [0, 0.1) is 6.92 Å². The van der Waals surface area contributed by atoms with Crippen LogP contribution in [0.2, 0.25) is 0 Å². The van der Waals surface area contributed by atoms with Crippen molar-refractivity contribution in [3.8, 4) is 11.5 Å². The molecule has 1 N–H and O–H groups in total. The number of ether oxygens (including phenoxy) is 2. The summed E-state index contributed by atoms with van der Waals surface area (Å²) in [6.45, 7) is 1.91. The van der Waals surface area contributed by atoms with Gasteiger partial charge in [-0.05, 0) is 61.2 Å². The molecule has 2 aromatic carbocycles. The fourth-order valence-corrected chi connectivity index (χ4v) is 4.51. The average molecular weight is 463 g/mol. The van der Waals surface area contributed by atoms with Gasteiger partial charge < -0.3 is 19.2 Å². The van der Waals surface area contributed by atoms with Gasteiger partial charge in [0.1, 0.15) is 6.04 Å². The van der Waals surface area contributed by atoms with Gasteiger partial charge in [-0.15, -0.1) is 0 Å². The van der Waals surface area contributed by atoms with Crippen molar-refractivity contribution in [3.05, 3.63) is 77.7 Å². The van der Waals surface area contributed by atoms with Crippen LogP contribution in [-0.2, 0) is 4.79 Å². The van der Waals surface area contributed by atoms with Crippen molar-refractivity contribution in [2.75, 3.05) is 19.1 Å². The molecule has 7 heteroatoms. The lowest BCUT2D eigenvalue weighted by Crippen LogP contribution is -2.46. The molecule has 1 saturated carbocycles. The zero-order valence-electron chi connectivity index (χ0n) is 19.7. The van der Waals surface area contributed by atoms with Crippen LogP contribution in [0.3, 0.4) is 0 Å². The molecule has 3 aromatic rings. The molecule has 0 radical (unpaired) electrons. The highest BCUT2D eigenvalue weighted by atomic mass is 16.5. The van der Waals surface area contributed by atoms with Crippen molar-refractivity contribution in [2.45, 2.75) is 44.7 Å². The van der Waals surface area contributed by atoms with E-state index >= 15 is 0 Å². The Balaban J connectivity index is 1.86. The van der Waals surface area contributed by atoms with Crippen molar-refractivity contribution in [1.82, 2.24) is 5.32 Å². The molecule has 2 amide bonds. The Morgan fingerprint density at radius 2 is 1.74 bits per heavy atom. The number of amides is 2. The number of benzene rings is 2. The lowest BCUT2D eigenvalue weighted by atomic mass is 10.00. The summed E-state index contributed by atoms with van der Waals surface area (Å²) < 4.78 is 16.3. The van der Waals surface area contributed by atoms with Gasteiger partial charge in [0.25, 0.3) is 5.91 Å². The summed E-state index contributed by atoms with van der Waals surface area (Å²) in [6, 6.07) is 15.2. The largest absolute Gasteiger partial charge is 0.493 e. The van der Waals surface area contributed by atoms with Crippen molar-refractivity contribution >= 4 is 17.5 Å². The lowest BCUT2D eigenvalue weighted by molar-refractivity contribution is -0.123. The molecule has 1 heterocycles. The van der Waals surface area contributed by atoms with Crippen molar-refractivity contribution in [2.24, 2.45) is 0 Å². The molecule has 1 unspecified atom stereocenters. The molecule has 4 rings (SSSR count). The first kappa shape index (κ1) is 23.4. The number of hydrogen-bond acceptors (Lipinski definition) is 5. The zero-order valence-corrected chi connectivity index (χ0v) is 19.7. The number of nitrogens with one attached hydrogen (secondary N) is 1. The second-order valence-corrected chi connectivity index (χ2v) is 8.45. The summed E-state index contributed by atoms with van der Waals surface area (Å²) in [5.74, 6) is 0.528. The van der Waals surface area contributed by atoms with E-state index in [9.17, 15) is 9.59 Å². The SMILES string of the molecule is COc1ccc(C(C(=O)NC2CCCC2)N(C(=O)c2ccco2)c2ccccc2C)cc1OC. The number of methoxy groups -OCH3 is 2.